The molecule has 8 heterocycles. The lowest BCUT2D eigenvalue weighted by Crippen LogP contribution is -2.45. The number of aromatic nitrogens is 10. The van der Waals surface area contributed by atoms with Gasteiger partial charge in [-0.15, -0.1) is 32.9 Å². The minimum absolute atomic E-state index is 0. The van der Waals surface area contributed by atoms with E-state index in [1.165, 1.54) is 0 Å². The first-order valence-electron chi connectivity index (χ1n) is 20.2. The number of hydrogen-bond donors (Lipinski definition) is 10. The van der Waals surface area contributed by atoms with E-state index in [0.29, 0.717) is 12.5 Å². The minimum atomic E-state index is -3.67. The monoisotopic (exact) mass is 1110 g/mol. The topological polar surface area (TPSA) is 495 Å². The Hall–Kier alpha value is -6.62. The number of nitrogens with zero attached hydrogens (tertiary/aromatic N) is 14. The first-order chi connectivity index (χ1) is 33.6. The molecule has 33 nitrogen and oxygen atoms in total. The smallest absolute Gasteiger partial charge is 0.335 e. The zero-order valence-corrected chi connectivity index (χ0v) is 42.0. The van der Waals surface area contributed by atoms with Crippen molar-refractivity contribution in [1.29, 1.82) is 0 Å². The van der Waals surface area contributed by atoms with Crippen molar-refractivity contribution in [1.82, 2.24) is 59.8 Å². The fourth-order valence-electron chi connectivity index (χ4n) is 5.65. The largest absolute Gasteiger partial charge is 0.479 e. The second-order valence-corrected chi connectivity index (χ2v) is 19.7. The summed E-state index contributed by atoms with van der Waals surface area (Å²) in [4.78, 5) is 59.7. The van der Waals surface area contributed by atoms with Crippen LogP contribution in [-0.4, -0.2) is 259 Å². The van der Waals surface area contributed by atoms with Gasteiger partial charge in [0.25, 0.3) is 20.2 Å². The highest BCUT2D eigenvalue weighted by Gasteiger charge is 2.30. The fraction of sp³-hybridized carbons (Fsp3) is 0.444. The van der Waals surface area contributed by atoms with Gasteiger partial charge in [0.1, 0.15) is 11.4 Å². The van der Waals surface area contributed by atoms with Crippen molar-refractivity contribution < 1.29 is 91.4 Å². The SMILES string of the molecule is CN1CCN(c2ncc(-c3cccs3)n3nnnc23)CC1.CN1CCN(c2ncc(-c3cccs3)n3nnnc23)CC1.CS(=O)(=O)O.CS(=O)(=O)O.O.O=C(O)C(O)C(O)C(=O)O.O=C(O)C(O)C(O)C(=O)O. The summed E-state index contributed by atoms with van der Waals surface area (Å²) in [5.74, 6) is -5.34. The summed E-state index contributed by atoms with van der Waals surface area (Å²) in [5, 5.41) is 93.4. The Labute approximate surface area is 421 Å². The second kappa shape index (κ2) is 28.6. The van der Waals surface area contributed by atoms with E-state index in [1.54, 1.807) is 31.7 Å². The summed E-state index contributed by atoms with van der Waals surface area (Å²) in [7, 11) is -3.06. The molecule has 6 aromatic rings. The van der Waals surface area contributed by atoms with Crippen molar-refractivity contribution in [2.24, 2.45) is 0 Å². The van der Waals surface area contributed by atoms with Gasteiger partial charge in [-0.05, 0) is 57.8 Å². The van der Waals surface area contributed by atoms with Crippen molar-refractivity contribution in [2.75, 3.05) is 88.8 Å². The summed E-state index contributed by atoms with van der Waals surface area (Å²) in [6, 6.07) is 8.14. The molecule has 4 atom stereocenters. The van der Waals surface area contributed by atoms with Crippen LogP contribution in [0.4, 0.5) is 11.6 Å². The van der Waals surface area contributed by atoms with Crippen LogP contribution in [0.1, 0.15) is 0 Å². The lowest BCUT2D eigenvalue weighted by molar-refractivity contribution is -0.165. The van der Waals surface area contributed by atoms with Gasteiger partial charge in [-0.1, -0.05) is 12.1 Å². The number of anilines is 2. The number of aliphatic hydroxyl groups excluding tert-OH is 4. The van der Waals surface area contributed by atoms with Crippen molar-refractivity contribution >= 4 is 89.7 Å². The van der Waals surface area contributed by atoms with E-state index in [4.69, 9.17) is 50.0 Å². The van der Waals surface area contributed by atoms with Crippen LogP contribution < -0.4 is 9.80 Å². The molecule has 2 saturated heterocycles. The molecule has 0 amide bonds. The number of carboxylic acids is 4. The third-order valence-electron chi connectivity index (χ3n) is 9.18. The molecule has 0 bridgehead atoms. The van der Waals surface area contributed by atoms with Crippen LogP contribution in [0.2, 0.25) is 0 Å². The van der Waals surface area contributed by atoms with Crippen molar-refractivity contribution in [3.63, 3.8) is 0 Å². The zero-order valence-electron chi connectivity index (χ0n) is 38.7. The zero-order chi connectivity index (χ0) is 54.1. The van der Waals surface area contributed by atoms with Gasteiger partial charge in [-0.2, -0.15) is 25.9 Å². The van der Waals surface area contributed by atoms with Crippen LogP contribution in [0.15, 0.2) is 47.4 Å². The van der Waals surface area contributed by atoms with Crippen LogP contribution in [0.5, 0.6) is 0 Å². The third-order valence-corrected chi connectivity index (χ3v) is 11.0. The molecule has 404 valence electrons. The van der Waals surface area contributed by atoms with E-state index in [2.05, 4.69) is 86.8 Å². The number of aliphatic carboxylic acids is 4. The predicted molar refractivity (Wildman–Crippen MR) is 256 cm³/mol. The first-order valence-corrected chi connectivity index (χ1v) is 25.6. The molecule has 0 aromatic carbocycles. The first kappa shape index (κ1) is 62.5. The summed E-state index contributed by atoms with van der Waals surface area (Å²) in [5.41, 5.74) is 3.32. The molecule has 37 heteroatoms. The highest BCUT2D eigenvalue weighted by molar-refractivity contribution is 7.85. The number of carboxylic acid groups (broad SMARTS) is 4. The maximum atomic E-state index is 9.77. The van der Waals surface area contributed by atoms with E-state index in [9.17, 15) is 36.0 Å². The third kappa shape index (κ3) is 20.4. The standard InChI is InChI=1S/2C13H15N7S.2C4H6O6.2CH4O3S.H2O/c2*1-18-4-6-19(7-5-18)12-13-15-16-17-20(13)10(9-14-12)11-3-2-8-21-11;2*5-1(3(7)8)2(6)4(9)10;2*1-5(2,3)4;/h2*2-3,8-9H,4-7H2,1H3;2*1-2,5-6H,(H,7,8)(H,9,10);2*1H3,(H,2,3,4);1H2. The molecule has 6 aromatic heterocycles. The average molecular weight is 1110 g/mol. The molecule has 0 aliphatic carbocycles. The maximum absolute atomic E-state index is 9.77. The fourth-order valence-corrected chi connectivity index (χ4v) is 7.10. The van der Waals surface area contributed by atoms with Crippen LogP contribution in [0, 0.1) is 0 Å². The van der Waals surface area contributed by atoms with Crippen molar-refractivity contribution in [3.8, 4) is 21.1 Å². The van der Waals surface area contributed by atoms with Gasteiger partial charge in [-0.25, -0.2) is 29.1 Å². The average Bonchev–Trinajstić information content (AvgIpc) is 4.16. The molecule has 2 aliphatic rings. The molecular weight excluding hydrogens is 1060 g/mol. The molecule has 2 fully saturated rings. The number of fused-ring (bicyclic) bond motifs is 2. The number of piperazine rings is 2. The maximum Gasteiger partial charge on any atom is 0.335 e. The highest BCUT2D eigenvalue weighted by Crippen LogP contribution is 2.29. The molecular formula is C36H52N14O19S4. The van der Waals surface area contributed by atoms with Gasteiger partial charge in [0.15, 0.2) is 36.1 Å². The quantitative estimate of drug-likeness (QED) is 0.0584. The molecule has 8 rings (SSSR count). The number of carbonyl (C=O) groups is 4. The normalized spacial score (nSPS) is 15.5. The second-order valence-electron chi connectivity index (χ2n) is 14.9. The lowest BCUT2D eigenvalue weighted by atomic mass is 10.2. The molecule has 0 saturated carbocycles. The van der Waals surface area contributed by atoms with Gasteiger partial charge in [-0.3, -0.25) is 9.11 Å². The predicted octanol–water partition coefficient (Wildman–Crippen LogP) is -4.06. The van der Waals surface area contributed by atoms with Gasteiger partial charge in [0.05, 0.1) is 34.7 Å². The Bertz CT molecular complexity index is 2660. The van der Waals surface area contributed by atoms with Gasteiger partial charge in [0, 0.05) is 52.4 Å². The van der Waals surface area contributed by atoms with E-state index in [-0.39, 0.29) is 5.48 Å². The molecule has 0 radical (unpaired) electrons. The Kier molecular flexibility index (Phi) is 24.5. The summed E-state index contributed by atoms with van der Waals surface area (Å²) >= 11 is 3.32. The van der Waals surface area contributed by atoms with E-state index >= 15 is 0 Å². The molecule has 2 aliphatic heterocycles. The Morgan fingerprint density at radius 3 is 1.05 bits per heavy atom. The summed E-state index contributed by atoms with van der Waals surface area (Å²) < 4.78 is 55.3. The number of tetrazole rings is 2. The molecule has 73 heavy (non-hydrogen) atoms. The number of thiophene rings is 2. The van der Waals surface area contributed by atoms with Crippen LogP contribution in [-0.2, 0) is 39.4 Å². The Morgan fingerprint density at radius 1 is 0.548 bits per heavy atom. The summed E-state index contributed by atoms with van der Waals surface area (Å²) in [6.45, 7) is 7.91. The van der Waals surface area contributed by atoms with Gasteiger partial charge >= 0.3 is 23.9 Å². The highest BCUT2D eigenvalue weighted by atomic mass is 32.2. The van der Waals surface area contributed by atoms with Gasteiger partial charge < -0.3 is 65.9 Å². The Balaban J connectivity index is 0.000000327. The molecule has 0 spiro atoms. The molecule has 12 N–H and O–H groups in total. The minimum Gasteiger partial charge on any atom is -0.479 e. The van der Waals surface area contributed by atoms with Gasteiger partial charge in [0.2, 0.25) is 11.3 Å². The van der Waals surface area contributed by atoms with E-state index < -0.39 is 68.5 Å². The number of likely N-dealkylation sites (N-methyl/N-ethyl adjacent to an activating group) is 2. The van der Waals surface area contributed by atoms with Crippen LogP contribution in [0.25, 0.3) is 32.4 Å². The van der Waals surface area contributed by atoms with Crippen LogP contribution in [0.3, 0.4) is 0 Å². The Morgan fingerprint density at radius 2 is 0.822 bits per heavy atom. The van der Waals surface area contributed by atoms with Crippen molar-refractivity contribution in [3.05, 3.63) is 47.4 Å². The van der Waals surface area contributed by atoms with E-state index in [0.717, 1.165) is 96.4 Å². The number of rotatable bonds is 10. The number of hydrogen-bond acceptors (Lipinski definition) is 26. The molecule has 4 unspecified atom stereocenters. The van der Waals surface area contributed by atoms with E-state index in [1.807, 2.05) is 35.3 Å². The van der Waals surface area contributed by atoms with Crippen LogP contribution >= 0.6 is 22.7 Å². The number of aliphatic hydroxyl groups is 4. The summed E-state index contributed by atoms with van der Waals surface area (Å²) in [6.07, 6.45) is -3.91. The lowest BCUT2D eigenvalue weighted by Gasteiger charge is -2.33. The van der Waals surface area contributed by atoms with Crippen molar-refractivity contribution in [2.45, 2.75) is 24.4 Å².